The molecule has 7 heteroatoms. The maximum absolute atomic E-state index is 12.2. The van der Waals surface area contributed by atoms with Crippen LogP contribution in [0.5, 0.6) is 5.75 Å². The summed E-state index contributed by atoms with van der Waals surface area (Å²) in [5.74, 6) is -1.39. The largest absolute Gasteiger partial charge is 0.497 e. The molecule has 0 atom stereocenters. The van der Waals surface area contributed by atoms with E-state index in [4.69, 9.17) is 21.4 Å². The van der Waals surface area contributed by atoms with Crippen LogP contribution in [-0.4, -0.2) is 29.1 Å². The molecule has 6 nitrogen and oxygen atoms in total. The second-order valence-corrected chi connectivity index (χ2v) is 4.41. The van der Waals surface area contributed by atoms with E-state index in [0.29, 0.717) is 16.5 Å². The van der Waals surface area contributed by atoms with Crippen molar-refractivity contribution in [3.63, 3.8) is 0 Å². The van der Waals surface area contributed by atoms with Crippen LogP contribution in [0.15, 0.2) is 36.5 Å². The number of carboxylic acid groups (broad SMARTS) is 1. The Morgan fingerprint density at radius 1 is 1.33 bits per heavy atom. The highest BCUT2D eigenvalue weighted by atomic mass is 35.5. The van der Waals surface area contributed by atoms with Crippen LogP contribution in [0.25, 0.3) is 0 Å². The van der Waals surface area contributed by atoms with Crippen LogP contribution in [0.2, 0.25) is 5.02 Å². The summed E-state index contributed by atoms with van der Waals surface area (Å²) in [5, 5.41) is 11.9. The van der Waals surface area contributed by atoms with Crippen LogP contribution in [0.3, 0.4) is 0 Å². The van der Waals surface area contributed by atoms with Crippen LogP contribution < -0.4 is 10.1 Å². The molecule has 0 unspecified atom stereocenters. The monoisotopic (exact) mass is 306 g/mol. The number of carbonyl (C=O) groups is 2. The van der Waals surface area contributed by atoms with Gasteiger partial charge >= 0.3 is 5.97 Å². The smallest absolute Gasteiger partial charge is 0.338 e. The average molecular weight is 307 g/mol. The summed E-state index contributed by atoms with van der Waals surface area (Å²) in [6, 6.07) is 7.48. The summed E-state index contributed by atoms with van der Waals surface area (Å²) >= 11 is 5.98. The Hall–Kier alpha value is -2.60. The van der Waals surface area contributed by atoms with Crippen molar-refractivity contribution in [2.75, 3.05) is 12.4 Å². The van der Waals surface area contributed by atoms with E-state index in [0.717, 1.165) is 0 Å². The third-order valence-corrected chi connectivity index (χ3v) is 3.00. The van der Waals surface area contributed by atoms with Gasteiger partial charge in [-0.1, -0.05) is 11.6 Å². The minimum Gasteiger partial charge on any atom is -0.497 e. The molecule has 2 aromatic rings. The van der Waals surface area contributed by atoms with Gasteiger partial charge in [-0.25, -0.2) is 4.79 Å². The third-order valence-electron chi connectivity index (χ3n) is 2.67. The lowest BCUT2D eigenvalue weighted by atomic mass is 10.2. The van der Waals surface area contributed by atoms with Gasteiger partial charge in [0.05, 0.1) is 23.4 Å². The number of methoxy groups -OCH3 is 1. The number of pyridine rings is 1. The standard InChI is InChI=1S/C14H11ClN2O4/c1-21-8-4-5-10(15)11(7-8)17-13(18)12-9(14(19)20)3-2-6-16-12/h2-7H,1H3,(H,17,18)(H,19,20). The van der Waals surface area contributed by atoms with Crippen LogP contribution >= 0.6 is 11.6 Å². The molecule has 108 valence electrons. The maximum Gasteiger partial charge on any atom is 0.338 e. The fourth-order valence-electron chi connectivity index (χ4n) is 1.67. The number of aromatic carboxylic acids is 1. The predicted octanol–water partition coefficient (Wildman–Crippen LogP) is 2.69. The molecule has 2 rings (SSSR count). The Kier molecular flexibility index (Phi) is 4.39. The molecule has 0 bridgehead atoms. The summed E-state index contributed by atoms with van der Waals surface area (Å²) in [6.07, 6.45) is 1.34. The number of hydrogen-bond donors (Lipinski definition) is 2. The van der Waals surface area contributed by atoms with Crippen LogP contribution in [0.1, 0.15) is 20.8 Å². The van der Waals surface area contributed by atoms with Gasteiger partial charge in [-0.3, -0.25) is 9.78 Å². The molecule has 0 aliphatic heterocycles. The van der Waals surface area contributed by atoms with Gasteiger partial charge in [-0.05, 0) is 24.3 Å². The van der Waals surface area contributed by atoms with E-state index in [1.807, 2.05) is 0 Å². The van der Waals surface area contributed by atoms with Crippen molar-refractivity contribution in [3.8, 4) is 5.75 Å². The second-order valence-electron chi connectivity index (χ2n) is 4.00. The molecular weight excluding hydrogens is 296 g/mol. The molecule has 0 fully saturated rings. The number of carboxylic acids is 1. The molecule has 1 amide bonds. The van der Waals surface area contributed by atoms with Gasteiger partial charge in [0.1, 0.15) is 11.4 Å². The van der Waals surface area contributed by atoms with Gasteiger partial charge < -0.3 is 15.2 Å². The molecule has 21 heavy (non-hydrogen) atoms. The Morgan fingerprint density at radius 3 is 2.76 bits per heavy atom. The number of anilines is 1. The molecule has 0 saturated carbocycles. The van der Waals surface area contributed by atoms with E-state index < -0.39 is 11.9 Å². The summed E-state index contributed by atoms with van der Waals surface area (Å²) in [7, 11) is 1.48. The van der Waals surface area contributed by atoms with Gasteiger partial charge in [-0.15, -0.1) is 0 Å². The van der Waals surface area contributed by atoms with Crippen molar-refractivity contribution in [2.45, 2.75) is 0 Å². The number of carbonyl (C=O) groups excluding carboxylic acids is 1. The number of ether oxygens (including phenoxy) is 1. The maximum atomic E-state index is 12.2. The van der Waals surface area contributed by atoms with Crippen molar-refractivity contribution in [1.29, 1.82) is 0 Å². The van der Waals surface area contributed by atoms with Crippen molar-refractivity contribution in [1.82, 2.24) is 4.98 Å². The molecular formula is C14H11ClN2O4. The molecule has 0 aliphatic rings. The molecule has 0 spiro atoms. The lowest BCUT2D eigenvalue weighted by molar-refractivity contribution is 0.0691. The molecule has 0 saturated heterocycles. The topological polar surface area (TPSA) is 88.5 Å². The van der Waals surface area contributed by atoms with Crippen molar-refractivity contribution in [2.24, 2.45) is 0 Å². The molecule has 0 aliphatic carbocycles. The van der Waals surface area contributed by atoms with Crippen molar-refractivity contribution in [3.05, 3.63) is 52.8 Å². The van der Waals surface area contributed by atoms with E-state index in [-0.39, 0.29) is 11.3 Å². The van der Waals surface area contributed by atoms with Crippen LogP contribution in [0, 0.1) is 0 Å². The third kappa shape index (κ3) is 3.29. The lowest BCUT2D eigenvalue weighted by Gasteiger charge is -2.09. The molecule has 1 aromatic carbocycles. The van der Waals surface area contributed by atoms with E-state index in [2.05, 4.69) is 10.3 Å². The molecule has 1 heterocycles. The second kappa shape index (κ2) is 6.23. The molecule has 0 radical (unpaired) electrons. The first-order valence-corrected chi connectivity index (χ1v) is 6.24. The fourth-order valence-corrected chi connectivity index (χ4v) is 1.83. The summed E-state index contributed by atoms with van der Waals surface area (Å²) < 4.78 is 5.04. The number of nitrogens with one attached hydrogen (secondary N) is 1. The highest BCUT2D eigenvalue weighted by Crippen LogP contribution is 2.27. The minimum atomic E-state index is -1.23. The molecule has 2 N–H and O–H groups in total. The zero-order valence-electron chi connectivity index (χ0n) is 11.0. The number of rotatable bonds is 4. The van der Waals surface area contributed by atoms with E-state index in [9.17, 15) is 9.59 Å². The quantitative estimate of drug-likeness (QED) is 0.906. The summed E-state index contributed by atoms with van der Waals surface area (Å²) in [4.78, 5) is 27.0. The van der Waals surface area contributed by atoms with E-state index in [1.165, 1.54) is 31.5 Å². The zero-order valence-corrected chi connectivity index (χ0v) is 11.7. The average Bonchev–Trinajstić information content (AvgIpc) is 2.49. The first kappa shape index (κ1) is 14.8. The first-order valence-electron chi connectivity index (χ1n) is 5.86. The van der Waals surface area contributed by atoms with Gasteiger partial charge in [0.25, 0.3) is 5.91 Å². The minimum absolute atomic E-state index is 0.186. The summed E-state index contributed by atoms with van der Waals surface area (Å²) in [6.45, 7) is 0. The Bertz CT molecular complexity index is 703. The highest BCUT2D eigenvalue weighted by molar-refractivity contribution is 6.34. The Balaban J connectivity index is 2.33. The van der Waals surface area contributed by atoms with Gasteiger partial charge in [0.15, 0.2) is 0 Å². The Labute approximate surface area is 125 Å². The van der Waals surface area contributed by atoms with Crippen molar-refractivity contribution >= 4 is 29.2 Å². The van der Waals surface area contributed by atoms with Crippen LogP contribution in [0.4, 0.5) is 5.69 Å². The highest BCUT2D eigenvalue weighted by Gasteiger charge is 2.18. The SMILES string of the molecule is COc1ccc(Cl)c(NC(=O)c2ncccc2C(=O)O)c1. The fraction of sp³-hybridized carbons (Fsp3) is 0.0714. The van der Waals surface area contributed by atoms with Gasteiger partial charge in [0, 0.05) is 12.3 Å². The molecule has 1 aromatic heterocycles. The number of nitrogens with zero attached hydrogens (tertiary/aromatic N) is 1. The van der Waals surface area contributed by atoms with E-state index >= 15 is 0 Å². The normalized spacial score (nSPS) is 10.0. The Morgan fingerprint density at radius 2 is 2.10 bits per heavy atom. The predicted molar refractivity (Wildman–Crippen MR) is 77.2 cm³/mol. The summed E-state index contributed by atoms with van der Waals surface area (Å²) in [5.41, 5.74) is -0.0686. The number of halogens is 1. The number of aromatic nitrogens is 1. The number of amides is 1. The van der Waals surface area contributed by atoms with Gasteiger partial charge in [0.2, 0.25) is 0 Å². The van der Waals surface area contributed by atoms with Gasteiger partial charge in [-0.2, -0.15) is 0 Å². The zero-order chi connectivity index (χ0) is 15.4. The van der Waals surface area contributed by atoms with Crippen molar-refractivity contribution < 1.29 is 19.4 Å². The lowest BCUT2D eigenvalue weighted by Crippen LogP contribution is -2.18. The number of hydrogen-bond acceptors (Lipinski definition) is 4. The van der Waals surface area contributed by atoms with Crippen LogP contribution in [-0.2, 0) is 0 Å². The number of benzene rings is 1. The first-order chi connectivity index (χ1) is 10.0. The van der Waals surface area contributed by atoms with E-state index in [1.54, 1.807) is 12.1 Å².